The van der Waals surface area contributed by atoms with Crippen LogP contribution in [0, 0.1) is 0 Å². The average Bonchev–Trinajstić information content (AvgIpc) is 2.73. The molecule has 2 nitrogen and oxygen atoms in total. The van der Waals surface area contributed by atoms with Crippen LogP contribution in [-0.2, 0) is 0 Å². The van der Waals surface area contributed by atoms with Crippen LogP contribution in [0.4, 0.5) is 0 Å². The molecule has 3 rings (SSSR count). The van der Waals surface area contributed by atoms with Gasteiger partial charge < -0.3 is 0 Å². The maximum Gasteiger partial charge on any atom is 0.117 e. The quantitative estimate of drug-likeness (QED) is 0.317. The van der Waals surface area contributed by atoms with Gasteiger partial charge in [0.15, 0.2) is 0 Å². The number of alkyl halides is 1. The summed E-state index contributed by atoms with van der Waals surface area (Å²) in [6.45, 7) is 11.4. The highest BCUT2D eigenvalue weighted by atomic mass is 35.5. The molecule has 3 heteroatoms. The molecule has 2 atom stereocenters. The molecule has 0 aliphatic carbocycles. The molecular formula is C24H37ClN2. The highest BCUT2D eigenvalue weighted by Gasteiger charge is 2.41. The number of piperidine rings is 2. The highest BCUT2D eigenvalue weighted by Crippen LogP contribution is 2.44. The summed E-state index contributed by atoms with van der Waals surface area (Å²) in [5.74, 6) is 0. The van der Waals surface area contributed by atoms with Crippen molar-refractivity contribution in [3.8, 4) is 0 Å². The van der Waals surface area contributed by atoms with E-state index in [4.69, 9.17) is 11.6 Å². The van der Waals surface area contributed by atoms with Crippen molar-refractivity contribution < 1.29 is 0 Å². The minimum atomic E-state index is -0.418. The van der Waals surface area contributed by atoms with E-state index in [1.807, 2.05) is 0 Å². The van der Waals surface area contributed by atoms with Crippen LogP contribution in [0.15, 0.2) is 41.5 Å². The van der Waals surface area contributed by atoms with Crippen LogP contribution in [0.2, 0.25) is 0 Å². The van der Waals surface area contributed by atoms with Crippen LogP contribution in [0.1, 0.15) is 77.3 Å². The second-order valence-corrected chi connectivity index (χ2v) is 9.19. The van der Waals surface area contributed by atoms with Crippen LogP contribution in [0.3, 0.4) is 0 Å². The van der Waals surface area contributed by atoms with Crippen LogP contribution in [-0.4, -0.2) is 41.0 Å². The molecule has 0 spiro atoms. The van der Waals surface area contributed by atoms with Gasteiger partial charge in [0.25, 0.3) is 0 Å². The molecular weight excluding hydrogens is 352 g/mol. The van der Waals surface area contributed by atoms with Crippen LogP contribution in [0.5, 0.6) is 0 Å². The van der Waals surface area contributed by atoms with Gasteiger partial charge in [0.2, 0.25) is 0 Å². The number of hydrogen-bond acceptors (Lipinski definition) is 2. The molecule has 0 bridgehead atoms. The first-order valence-electron chi connectivity index (χ1n) is 11.0. The Morgan fingerprint density at radius 1 is 0.963 bits per heavy atom. The second-order valence-electron chi connectivity index (χ2n) is 8.46. The lowest BCUT2D eigenvalue weighted by Gasteiger charge is -2.47. The predicted octanol–water partition coefficient (Wildman–Crippen LogP) is 6.38. The Bertz CT molecular complexity index is 611. The standard InChI is InChI=1S/C24H37ClN2/c1-4-20(2)22(24(3,25)27-18-12-7-13-19-27)23(21-14-8-5-9-15-21)26-16-10-6-11-17-26/h5,8-9,14-15,23H,4,6-7,10-13,16-19H2,1-3H3/b22-20-. The van der Waals surface area contributed by atoms with Crippen molar-refractivity contribution in [2.75, 3.05) is 26.2 Å². The third-order valence-electron chi connectivity index (χ3n) is 6.58. The van der Waals surface area contributed by atoms with E-state index in [0.29, 0.717) is 0 Å². The zero-order valence-corrected chi connectivity index (χ0v) is 18.3. The Morgan fingerprint density at radius 3 is 2.07 bits per heavy atom. The summed E-state index contributed by atoms with van der Waals surface area (Å²) in [4.78, 5) is 4.81. The van der Waals surface area contributed by atoms with Crippen molar-refractivity contribution in [2.24, 2.45) is 0 Å². The average molecular weight is 389 g/mol. The van der Waals surface area contributed by atoms with E-state index in [-0.39, 0.29) is 6.04 Å². The maximum absolute atomic E-state index is 7.46. The van der Waals surface area contributed by atoms with E-state index in [1.165, 1.54) is 68.3 Å². The third kappa shape index (κ3) is 4.78. The molecule has 0 amide bonds. The summed E-state index contributed by atoms with van der Waals surface area (Å²) in [5, 5.41) is 0. The van der Waals surface area contributed by atoms with Gasteiger partial charge in [-0.2, -0.15) is 0 Å². The Hall–Kier alpha value is -0.830. The van der Waals surface area contributed by atoms with E-state index in [0.717, 1.165) is 19.5 Å². The predicted molar refractivity (Wildman–Crippen MR) is 117 cm³/mol. The smallest absolute Gasteiger partial charge is 0.117 e. The lowest BCUT2D eigenvalue weighted by Crippen LogP contribution is -2.50. The summed E-state index contributed by atoms with van der Waals surface area (Å²) >= 11 is 7.46. The van der Waals surface area contributed by atoms with E-state index in [1.54, 1.807) is 0 Å². The molecule has 2 aliphatic heterocycles. The minimum absolute atomic E-state index is 0.288. The summed E-state index contributed by atoms with van der Waals surface area (Å²) in [6, 6.07) is 11.4. The Kier molecular flexibility index (Phi) is 7.42. The van der Waals surface area contributed by atoms with E-state index in [9.17, 15) is 0 Å². The van der Waals surface area contributed by atoms with Crippen molar-refractivity contribution in [1.29, 1.82) is 0 Å². The zero-order chi connectivity index (χ0) is 19.3. The van der Waals surface area contributed by atoms with Crippen LogP contribution in [0.25, 0.3) is 0 Å². The number of benzene rings is 1. The number of halogens is 1. The fourth-order valence-electron chi connectivity index (χ4n) is 4.92. The maximum atomic E-state index is 7.46. The van der Waals surface area contributed by atoms with Crippen LogP contribution >= 0.6 is 11.6 Å². The number of allylic oxidation sites excluding steroid dienone is 1. The van der Waals surface area contributed by atoms with Gasteiger partial charge in [-0.15, -0.1) is 0 Å². The van der Waals surface area contributed by atoms with Crippen molar-refractivity contribution in [1.82, 2.24) is 9.80 Å². The van der Waals surface area contributed by atoms with Gasteiger partial charge in [-0.1, -0.05) is 67.3 Å². The van der Waals surface area contributed by atoms with Gasteiger partial charge in [-0.3, -0.25) is 9.80 Å². The zero-order valence-electron chi connectivity index (χ0n) is 17.5. The van der Waals surface area contributed by atoms with Gasteiger partial charge in [0.05, 0.1) is 6.04 Å². The summed E-state index contributed by atoms with van der Waals surface area (Å²) in [7, 11) is 0. The van der Waals surface area contributed by atoms with Crippen molar-refractivity contribution in [3.05, 3.63) is 47.0 Å². The number of rotatable bonds is 6. The molecule has 2 saturated heterocycles. The highest BCUT2D eigenvalue weighted by molar-refractivity contribution is 6.25. The Morgan fingerprint density at radius 2 is 1.52 bits per heavy atom. The third-order valence-corrected chi connectivity index (χ3v) is 7.02. The van der Waals surface area contributed by atoms with Gasteiger partial charge in [0.1, 0.15) is 5.00 Å². The van der Waals surface area contributed by atoms with Crippen molar-refractivity contribution >= 4 is 11.6 Å². The number of nitrogens with zero attached hydrogens (tertiary/aromatic N) is 2. The first kappa shape index (κ1) is 20.9. The monoisotopic (exact) mass is 388 g/mol. The van der Waals surface area contributed by atoms with Crippen molar-refractivity contribution in [3.63, 3.8) is 0 Å². The second kappa shape index (κ2) is 9.58. The molecule has 1 aromatic rings. The fourth-order valence-corrected chi connectivity index (χ4v) is 5.35. The Labute approximate surface area is 171 Å². The number of hydrogen-bond donors (Lipinski definition) is 0. The molecule has 0 aromatic heterocycles. The lowest BCUT2D eigenvalue weighted by atomic mass is 9.85. The molecule has 150 valence electrons. The topological polar surface area (TPSA) is 6.48 Å². The molecule has 27 heavy (non-hydrogen) atoms. The first-order valence-corrected chi connectivity index (χ1v) is 11.4. The summed E-state index contributed by atoms with van der Waals surface area (Å²) < 4.78 is 0. The first-order chi connectivity index (χ1) is 13.1. The molecule has 0 N–H and O–H groups in total. The number of likely N-dealkylation sites (tertiary alicyclic amines) is 2. The molecule has 0 radical (unpaired) electrons. The lowest BCUT2D eigenvalue weighted by molar-refractivity contribution is 0.128. The minimum Gasteiger partial charge on any atom is -0.293 e. The SMILES string of the molecule is CC/C(C)=C(/C(c1ccccc1)N1CCCCC1)C(C)(Cl)N1CCCCC1. The normalized spacial score (nSPS) is 24.1. The van der Waals surface area contributed by atoms with Crippen molar-refractivity contribution in [2.45, 2.75) is 76.8 Å². The van der Waals surface area contributed by atoms with E-state index in [2.05, 4.69) is 60.9 Å². The molecule has 0 saturated carbocycles. The molecule has 2 fully saturated rings. The molecule has 2 aliphatic rings. The van der Waals surface area contributed by atoms with Crippen LogP contribution < -0.4 is 0 Å². The van der Waals surface area contributed by atoms with Gasteiger partial charge in [-0.05, 0) is 70.2 Å². The Balaban J connectivity index is 2.05. The largest absolute Gasteiger partial charge is 0.293 e. The molecule has 2 heterocycles. The van der Waals surface area contributed by atoms with Gasteiger partial charge in [0, 0.05) is 13.1 Å². The van der Waals surface area contributed by atoms with Gasteiger partial charge in [-0.25, -0.2) is 0 Å². The molecule has 2 unspecified atom stereocenters. The van der Waals surface area contributed by atoms with E-state index < -0.39 is 5.00 Å². The van der Waals surface area contributed by atoms with E-state index >= 15 is 0 Å². The van der Waals surface area contributed by atoms with Gasteiger partial charge >= 0.3 is 0 Å². The summed E-state index contributed by atoms with van der Waals surface area (Å²) in [6.07, 6.45) is 8.87. The fraction of sp³-hybridized carbons (Fsp3) is 0.667. The molecule has 1 aromatic carbocycles. The summed E-state index contributed by atoms with van der Waals surface area (Å²) in [5.41, 5.74) is 4.28.